The van der Waals surface area contributed by atoms with Gasteiger partial charge in [0.2, 0.25) is 0 Å². The Morgan fingerprint density at radius 1 is 0.606 bits per heavy atom. The van der Waals surface area contributed by atoms with Crippen LogP contribution in [0.15, 0.2) is 188 Å². The third-order valence-electron chi connectivity index (χ3n) is 12.7. The summed E-state index contributed by atoms with van der Waals surface area (Å²) >= 11 is 0. The number of hydrogen-bond acceptors (Lipinski definition) is 5. The van der Waals surface area contributed by atoms with Crippen LogP contribution in [-0.2, 0) is 31.9 Å². The van der Waals surface area contributed by atoms with Crippen molar-refractivity contribution in [3.8, 4) is 17.3 Å². The average molecular weight is 1040 g/mol. The molecule has 0 aliphatic carbocycles. The molecule has 66 heavy (non-hydrogen) atoms. The van der Waals surface area contributed by atoms with Gasteiger partial charge in [-0.25, -0.2) is 4.98 Å². The maximum absolute atomic E-state index is 6.67. The summed E-state index contributed by atoms with van der Waals surface area (Å²) in [4.78, 5) is 11.8. The van der Waals surface area contributed by atoms with E-state index in [0.29, 0.717) is 11.5 Å². The first-order valence-corrected chi connectivity index (χ1v) is 22.4. The molecule has 0 unspecified atom stereocenters. The monoisotopic (exact) mass is 1040 g/mol. The molecule has 0 fully saturated rings. The molecule has 0 N–H and O–H groups in total. The summed E-state index contributed by atoms with van der Waals surface area (Å²) in [6.45, 7) is 15.7. The van der Waals surface area contributed by atoms with Gasteiger partial charge in [-0.3, -0.25) is 0 Å². The van der Waals surface area contributed by atoms with Gasteiger partial charge in [0.05, 0.1) is 5.82 Å². The molecule has 0 saturated heterocycles. The molecular weight excluding hydrogens is 989 g/mol. The summed E-state index contributed by atoms with van der Waals surface area (Å²) in [5, 5.41) is 2.23. The SMILES string of the molecule is CC(C)(C)c1ccc(C2=C(N3[CH-]N(c4[c-]c(Oc5[c-]c6c(cc5)c5ccccc5n6-c5cc(C(C)(C)C)ccn5)ccc4)c4ccccc43)N3C=C(c4ccccc4)C=CB3C=C2)cc1.[Pt]. The smallest absolute Gasteiger partial charge is 0.314 e. The molecule has 8 heteroatoms. The fraction of sp³-hybridized carbons (Fsp3) is 0.138. The maximum atomic E-state index is 6.67. The molecule has 0 saturated carbocycles. The van der Waals surface area contributed by atoms with E-state index in [0.717, 1.165) is 67.2 Å². The summed E-state index contributed by atoms with van der Waals surface area (Å²) in [6.07, 6.45) is 8.73. The van der Waals surface area contributed by atoms with E-state index in [2.05, 4.69) is 237 Å². The van der Waals surface area contributed by atoms with E-state index in [-0.39, 0.29) is 38.7 Å². The molecule has 5 heterocycles. The minimum Gasteiger partial charge on any atom is -0.509 e. The van der Waals surface area contributed by atoms with Crippen molar-refractivity contribution in [2.24, 2.45) is 0 Å². The Hall–Kier alpha value is -6.82. The molecule has 3 aliphatic heterocycles. The predicted octanol–water partition coefficient (Wildman–Crippen LogP) is 14.2. The first kappa shape index (κ1) is 43.1. The summed E-state index contributed by atoms with van der Waals surface area (Å²) < 4.78 is 8.87. The topological polar surface area (TPSA) is 36.8 Å². The van der Waals surface area contributed by atoms with Gasteiger partial charge in [0, 0.05) is 67.4 Å². The summed E-state index contributed by atoms with van der Waals surface area (Å²) in [5.74, 6) is 7.70. The van der Waals surface area contributed by atoms with Crippen LogP contribution >= 0.6 is 0 Å². The molecule has 6 nitrogen and oxygen atoms in total. The van der Waals surface area contributed by atoms with Gasteiger partial charge in [0.15, 0.2) is 0 Å². The standard InChI is InChI=1S/C58H49BN5O.Pt/c1-57(2,3)43-25-23-41(24-26-43)48-30-33-59-32-29-42(40-15-8-7-9-16-40)38-63(59)56(48)62-39-61(52-21-12-13-22-53(52)62)45-17-14-18-46(36-45)65-47-27-28-50-49-19-10-11-20-51(49)64(54(50)37-47)55-35-44(31-34-60-55)58(4,5)6;/h7-35,38-39H,1-6H3;/q-3;. The molecule has 0 amide bonds. The minimum atomic E-state index is -0.0269. The van der Waals surface area contributed by atoms with Crippen molar-refractivity contribution in [2.75, 3.05) is 9.80 Å². The molecule has 0 atom stereocenters. The molecule has 6 aromatic carbocycles. The number of rotatable bonds is 7. The van der Waals surface area contributed by atoms with E-state index in [4.69, 9.17) is 9.72 Å². The number of anilines is 3. The molecular formula is C58H49BN5OPt-3. The van der Waals surface area contributed by atoms with Crippen LogP contribution in [0, 0.1) is 18.8 Å². The number of fused-ring (bicyclic) bond motifs is 5. The molecule has 0 spiro atoms. The Balaban J connectivity index is 0.00000511. The Morgan fingerprint density at radius 2 is 1.30 bits per heavy atom. The first-order chi connectivity index (χ1) is 31.5. The van der Waals surface area contributed by atoms with Gasteiger partial charge in [-0.05, 0) is 74.4 Å². The van der Waals surface area contributed by atoms with Crippen LogP contribution in [0.2, 0.25) is 0 Å². The summed E-state index contributed by atoms with van der Waals surface area (Å²) in [5.41, 5.74) is 12.1. The van der Waals surface area contributed by atoms with E-state index in [1.165, 1.54) is 16.7 Å². The van der Waals surface area contributed by atoms with Crippen LogP contribution < -0.4 is 14.5 Å². The zero-order valence-electron chi connectivity index (χ0n) is 37.9. The van der Waals surface area contributed by atoms with Gasteiger partial charge in [0.25, 0.3) is 0 Å². The predicted molar refractivity (Wildman–Crippen MR) is 269 cm³/mol. The molecule has 3 aliphatic rings. The normalized spacial score (nSPS) is 14.7. The van der Waals surface area contributed by atoms with E-state index < -0.39 is 0 Å². The number of para-hydroxylation sites is 3. The molecule has 0 radical (unpaired) electrons. The Labute approximate surface area is 403 Å². The third-order valence-corrected chi connectivity index (χ3v) is 12.7. The van der Waals surface area contributed by atoms with Gasteiger partial charge >= 0.3 is 6.85 Å². The van der Waals surface area contributed by atoms with E-state index in [1.54, 1.807) is 0 Å². The van der Waals surface area contributed by atoms with Gasteiger partial charge in [-0.2, -0.15) is 12.1 Å². The van der Waals surface area contributed by atoms with E-state index in [1.807, 2.05) is 24.4 Å². The van der Waals surface area contributed by atoms with Crippen LogP contribution in [0.25, 0.3) is 38.8 Å². The molecule has 11 rings (SSSR count). The molecule has 2 aromatic heterocycles. The van der Waals surface area contributed by atoms with Crippen LogP contribution in [0.1, 0.15) is 63.8 Å². The van der Waals surface area contributed by atoms with Crippen molar-refractivity contribution in [2.45, 2.75) is 52.4 Å². The number of nitrogens with zero attached hydrogens (tertiary/aromatic N) is 5. The van der Waals surface area contributed by atoms with Crippen LogP contribution in [0.5, 0.6) is 11.5 Å². The summed E-state index contributed by atoms with van der Waals surface area (Å²) in [6, 6.07) is 58.5. The van der Waals surface area contributed by atoms with E-state index in [9.17, 15) is 0 Å². The number of allylic oxidation sites excluding steroid dienone is 4. The van der Waals surface area contributed by atoms with E-state index >= 15 is 0 Å². The van der Waals surface area contributed by atoms with Gasteiger partial charge < -0.3 is 23.9 Å². The third kappa shape index (κ3) is 7.79. The molecule has 328 valence electrons. The number of hydrogen-bond donors (Lipinski definition) is 0. The second kappa shape index (κ2) is 16.9. The van der Waals surface area contributed by atoms with Gasteiger partial charge in [0.1, 0.15) is 5.82 Å². The number of benzene rings is 6. The van der Waals surface area contributed by atoms with Crippen LogP contribution in [0.3, 0.4) is 0 Å². The van der Waals surface area contributed by atoms with Crippen molar-refractivity contribution >= 4 is 56.9 Å². The van der Waals surface area contributed by atoms with Gasteiger partial charge in [-0.1, -0.05) is 156 Å². The average Bonchev–Trinajstić information content (AvgIpc) is 3.87. The Morgan fingerprint density at radius 3 is 2.08 bits per heavy atom. The Bertz CT molecular complexity index is 3260. The maximum Gasteiger partial charge on any atom is 0.314 e. The number of aromatic nitrogens is 2. The molecule has 8 aromatic rings. The second-order valence-electron chi connectivity index (χ2n) is 19.1. The van der Waals surface area contributed by atoms with Crippen molar-refractivity contribution in [1.29, 1.82) is 0 Å². The quantitative estimate of drug-likeness (QED) is 0.117. The van der Waals surface area contributed by atoms with Crippen molar-refractivity contribution in [1.82, 2.24) is 14.4 Å². The minimum absolute atomic E-state index is 0. The molecule has 0 bridgehead atoms. The Kier molecular flexibility index (Phi) is 11.0. The number of ether oxygens (including phenoxy) is 1. The fourth-order valence-corrected chi connectivity index (χ4v) is 9.18. The van der Waals surface area contributed by atoms with Crippen molar-refractivity contribution in [3.05, 3.63) is 229 Å². The zero-order valence-corrected chi connectivity index (χ0v) is 40.2. The largest absolute Gasteiger partial charge is 0.509 e. The van der Waals surface area contributed by atoms with Crippen molar-refractivity contribution < 1.29 is 25.8 Å². The van der Waals surface area contributed by atoms with Crippen LogP contribution in [0.4, 0.5) is 17.1 Å². The first-order valence-electron chi connectivity index (χ1n) is 22.4. The van der Waals surface area contributed by atoms with Crippen molar-refractivity contribution in [3.63, 3.8) is 0 Å². The zero-order chi connectivity index (χ0) is 44.5. The summed E-state index contributed by atoms with van der Waals surface area (Å²) in [7, 11) is 0. The van der Waals surface area contributed by atoms with Gasteiger partial charge in [-0.15, -0.1) is 48.1 Å². The second-order valence-corrected chi connectivity index (χ2v) is 19.1. The fourth-order valence-electron chi connectivity index (χ4n) is 9.18. The van der Waals surface area contributed by atoms with Crippen LogP contribution in [-0.4, -0.2) is 21.2 Å². The number of pyridine rings is 1.